The molecular weight excluding hydrogens is 390 g/mol. The number of carboxylic acid groups (broad SMARTS) is 1. The van der Waals surface area contributed by atoms with Gasteiger partial charge in [0.1, 0.15) is 13.2 Å². The topological polar surface area (TPSA) is 117 Å². The molecule has 9 nitrogen and oxygen atoms in total. The molecule has 10 heteroatoms. The Morgan fingerprint density at radius 3 is 2.64 bits per heavy atom. The Morgan fingerprint density at radius 2 is 1.93 bits per heavy atom. The van der Waals surface area contributed by atoms with Crippen molar-refractivity contribution in [3.63, 3.8) is 0 Å². The fourth-order valence-electron chi connectivity index (χ4n) is 3.23. The molecule has 2 aliphatic rings. The Labute approximate surface area is 168 Å². The molecule has 2 atom stereocenters. The number of carbonyl (C=O) groups excluding carboxylic acids is 2. The molecule has 154 valence electrons. The summed E-state index contributed by atoms with van der Waals surface area (Å²) in [5.74, 6) is -0.679. The van der Waals surface area contributed by atoms with Gasteiger partial charge in [0, 0.05) is 18.3 Å². The van der Waals surface area contributed by atoms with E-state index in [2.05, 4.69) is 10.6 Å². The minimum atomic E-state index is -0.858. The molecule has 0 bridgehead atoms. The van der Waals surface area contributed by atoms with E-state index < -0.39 is 29.9 Å². The van der Waals surface area contributed by atoms with Gasteiger partial charge in [0.25, 0.3) is 0 Å². The number of ether oxygens (including phenoxy) is 2. The van der Waals surface area contributed by atoms with Gasteiger partial charge in [0.2, 0.25) is 5.91 Å². The van der Waals surface area contributed by atoms with Crippen LogP contribution in [0.4, 0.5) is 10.5 Å². The number of amides is 3. The summed E-state index contributed by atoms with van der Waals surface area (Å²) in [7, 11) is 0. The zero-order chi connectivity index (χ0) is 19.4. The van der Waals surface area contributed by atoms with Gasteiger partial charge in [-0.05, 0) is 38.4 Å². The van der Waals surface area contributed by atoms with Crippen LogP contribution in [0.2, 0.25) is 0 Å². The van der Waals surface area contributed by atoms with Gasteiger partial charge in [-0.25, -0.2) is 4.79 Å². The number of hydrogen-bond acceptors (Lipinski definition) is 6. The molecule has 0 aliphatic carbocycles. The van der Waals surface area contributed by atoms with Crippen molar-refractivity contribution in [2.45, 2.75) is 25.8 Å². The first-order valence-electron chi connectivity index (χ1n) is 8.92. The average molecular weight is 414 g/mol. The molecular formula is C18H24ClN3O6. The third-order valence-corrected chi connectivity index (χ3v) is 4.77. The number of nitrogens with one attached hydrogen (secondary N) is 2. The van der Waals surface area contributed by atoms with Crippen LogP contribution in [-0.2, 0) is 9.59 Å². The number of urea groups is 1. The number of benzene rings is 1. The number of nitrogens with zero attached hydrogens (tertiary/aromatic N) is 1. The molecule has 3 amide bonds. The predicted molar refractivity (Wildman–Crippen MR) is 103 cm³/mol. The highest BCUT2D eigenvalue weighted by molar-refractivity contribution is 6.02. The zero-order valence-electron chi connectivity index (χ0n) is 15.5. The summed E-state index contributed by atoms with van der Waals surface area (Å²) in [4.78, 5) is 37.4. The lowest BCUT2D eigenvalue weighted by Crippen LogP contribution is -2.51. The second-order valence-corrected chi connectivity index (χ2v) is 6.65. The van der Waals surface area contributed by atoms with Crippen molar-refractivity contribution in [2.75, 3.05) is 31.6 Å². The molecule has 2 heterocycles. The quantitative estimate of drug-likeness (QED) is 0.687. The van der Waals surface area contributed by atoms with Crippen LogP contribution in [0.1, 0.15) is 19.8 Å². The van der Waals surface area contributed by atoms with Crippen LogP contribution in [0.3, 0.4) is 0 Å². The highest BCUT2D eigenvalue weighted by Crippen LogP contribution is 2.32. The van der Waals surface area contributed by atoms with Gasteiger partial charge in [0.15, 0.2) is 11.5 Å². The van der Waals surface area contributed by atoms with E-state index in [1.54, 1.807) is 30.0 Å². The fraction of sp³-hybridized carbons (Fsp3) is 0.500. The number of rotatable bonds is 4. The molecule has 0 saturated carbocycles. The zero-order valence-corrected chi connectivity index (χ0v) is 16.3. The maximum absolute atomic E-state index is 12.3. The molecule has 0 spiro atoms. The Morgan fingerprint density at radius 1 is 1.21 bits per heavy atom. The molecule has 2 unspecified atom stereocenters. The Balaban J connectivity index is 0.00000280. The number of carbonyl (C=O) groups is 3. The second-order valence-electron chi connectivity index (χ2n) is 6.65. The normalized spacial score (nSPS) is 19.7. The largest absolute Gasteiger partial charge is 0.486 e. The van der Waals surface area contributed by atoms with Gasteiger partial charge in [-0.2, -0.15) is 0 Å². The minimum absolute atomic E-state index is 0. The first-order chi connectivity index (χ1) is 12.9. The van der Waals surface area contributed by atoms with Gasteiger partial charge >= 0.3 is 12.0 Å². The summed E-state index contributed by atoms with van der Waals surface area (Å²) in [6.07, 6.45) is 1.31. The molecule has 1 saturated heterocycles. The number of hydrogen-bond donors (Lipinski definition) is 3. The molecule has 0 aromatic heterocycles. The molecule has 28 heavy (non-hydrogen) atoms. The Bertz CT molecular complexity index is 744. The maximum atomic E-state index is 12.3. The van der Waals surface area contributed by atoms with Crippen LogP contribution in [0.25, 0.3) is 0 Å². The van der Waals surface area contributed by atoms with Gasteiger partial charge in [0.05, 0.1) is 12.0 Å². The predicted octanol–water partition coefficient (Wildman–Crippen LogP) is 1.71. The molecule has 3 N–H and O–H groups in total. The average Bonchev–Trinajstić information content (AvgIpc) is 2.67. The van der Waals surface area contributed by atoms with Crippen molar-refractivity contribution in [3.05, 3.63) is 18.2 Å². The Hall–Kier alpha value is -2.52. The van der Waals surface area contributed by atoms with Crippen molar-refractivity contribution in [1.29, 1.82) is 0 Å². The van der Waals surface area contributed by atoms with Crippen LogP contribution in [0, 0.1) is 5.92 Å². The summed E-state index contributed by atoms with van der Waals surface area (Å²) in [6.45, 7) is 3.50. The first kappa shape index (κ1) is 21.8. The number of aliphatic carboxylic acids is 1. The lowest BCUT2D eigenvalue weighted by atomic mass is 9.97. The van der Waals surface area contributed by atoms with Crippen molar-refractivity contribution in [2.24, 2.45) is 5.92 Å². The van der Waals surface area contributed by atoms with E-state index in [0.29, 0.717) is 56.3 Å². The van der Waals surface area contributed by atoms with E-state index in [1.165, 1.54) is 0 Å². The first-order valence-corrected chi connectivity index (χ1v) is 8.92. The summed E-state index contributed by atoms with van der Waals surface area (Å²) < 4.78 is 10.9. The number of anilines is 1. The van der Waals surface area contributed by atoms with Crippen LogP contribution in [0.5, 0.6) is 11.5 Å². The van der Waals surface area contributed by atoms with Crippen LogP contribution in [-0.4, -0.2) is 60.3 Å². The van der Waals surface area contributed by atoms with Crippen LogP contribution >= 0.6 is 12.4 Å². The second kappa shape index (κ2) is 9.61. The number of likely N-dealkylation sites (tertiary alicyclic amines) is 1. The Kier molecular flexibility index (Phi) is 7.47. The summed E-state index contributed by atoms with van der Waals surface area (Å²) >= 11 is 0. The van der Waals surface area contributed by atoms with Crippen molar-refractivity contribution < 1.29 is 29.0 Å². The minimum Gasteiger partial charge on any atom is -0.486 e. The SMILES string of the molecule is CC(C(=O)NC(=O)Nc1ccc2c(c1)OCCO2)N1CCCC(C(=O)O)C1.Cl. The maximum Gasteiger partial charge on any atom is 0.325 e. The van der Waals surface area contributed by atoms with E-state index in [-0.39, 0.29) is 12.4 Å². The number of carboxylic acids is 1. The van der Waals surface area contributed by atoms with Crippen molar-refractivity contribution in [1.82, 2.24) is 10.2 Å². The molecule has 0 radical (unpaired) electrons. The molecule has 2 aliphatic heterocycles. The molecule has 3 rings (SSSR count). The van der Waals surface area contributed by atoms with E-state index in [0.717, 1.165) is 0 Å². The van der Waals surface area contributed by atoms with Crippen molar-refractivity contribution in [3.8, 4) is 11.5 Å². The number of halogens is 1. The van der Waals surface area contributed by atoms with Crippen LogP contribution in [0.15, 0.2) is 18.2 Å². The third kappa shape index (κ3) is 5.26. The summed E-state index contributed by atoms with van der Waals surface area (Å²) in [5.41, 5.74) is 0.473. The fourth-order valence-corrected chi connectivity index (χ4v) is 3.23. The smallest absolute Gasteiger partial charge is 0.325 e. The number of piperidine rings is 1. The standard InChI is InChI=1S/C18H23N3O6.ClH/c1-11(21-6-2-3-12(10-21)17(23)24)16(22)20-18(25)19-13-4-5-14-15(9-13)27-8-7-26-14;/h4-5,9,11-12H,2-3,6-8,10H2,1H3,(H,23,24)(H2,19,20,22,25);1H. The van der Waals surface area contributed by atoms with Crippen LogP contribution < -0.4 is 20.1 Å². The molecule has 1 aromatic rings. The molecule has 1 aromatic carbocycles. The van der Waals surface area contributed by atoms with Crippen molar-refractivity contribution >= 4 is 36.0 Å². The number of imide groups is 1. The van der Waals surface area contributed by atoms with E-state index in [1.807, 2.05) is 0 Å². The lowest BCUT2D eigenvalue weighted by molar-refractivity contribution is -0.144. The number of fused-ring (bicyclic) bond motifs is 1. The third-order valence-electron chi connectivity index (χ3n) is 4.77. The van der Waals surface area contributed by atoms with E-state index in [9.17, 15) is 14.4 Å². The lowest BCUT2D eigenvalue weighted by Gasteiger charge is -2.34. The van der Waals surface area contributed by atoms with Gasteiger partial charge in [-0.15, -0.1) is 12.4 Å². The summed E-state index contributed by atoms with van der Waals surface area (Å²) in [6, 6.07) is 3.72. The van der Waals surface area contributed by atoms with E-state index in [4.69, 9.17) is 14.6 Å². The van der Waals surface area contributed by atoms with E-state index >= 15 is 0 Å². The van der Waals surface area contributed by atoms with Gasteiger partial charge in [-0.1, -0.05) is 0 Å². The molecule has 1 fully saturated rings. The summed E-state index contributed by atoms with van der Waals surface area (Å²) in [5, 5.41) is 14.0. The highest BCUT2D eigenvalue weighted by atomic mass is 35.5. The highest BCUT2D eigenvalue weighted by Gasteiger charge is 2.31. The van der Waals surface area contributed by atoms with Gasteiger partial charge in [-0.3, -0.25) is 19.8 Å². The monoisotopic (exact) mass is 413 g/mol. The van der Waals surface area contributed by atoms with Gasteiger partial charge < -0.3 is 19.9 Å².